The Kier molecular flexibility index (Phi) is 5.11. The summed E-state index contributed by atoms with van der Waals surface area (Å²) in [7, 11) is 1.75. The van der Waals surface area contributed by atoms with E-state index in [2.05, 4.69) is 52.1 Å². The average Bonchev–Trinajstić information content (AvgIpc) is 3.21. The van der Waals surface area contributed by atoms with Crippen molar-refractivity contribution in [3.63, 3.8) is 0 Å². The number of aliphatic imine (C=N–C) groups is 1. The van der Waals surface area contributed by atoms with Crippen molar-refractivity contribution in [1.82, 2.24) is 25.2 Å². The van der Waals surface area contributed by atoms with E-state index in [0.717, 1.165) is 24.4 Å². The molecular weight excluding hydrogens is 316 g/mol. The van der Waals surface area contributed by atoms with E-state index in [1.165, 1.54) is 18.7 Å². The second kappa shape index (κ2) is 7.29. The van der Waals surface area contributed by atoms with Crippen LogP contribution in [0.1, 0.15) is 56.8 Å². The molecule has 2 aromatic rings. The topological polar surface area (TPSA) is 80.3 Å². The molecule has 0 radical (unpaired) electrons. The lowest BCUT2D eigenvalue weighted by atomic mass is 9.94. The highest BCUT2D eigenvalue weighted by atomic mass is 16.4. The third-order valence-corrected chi connectivity index (χ3v) is 4.32. The zero-order chi connectivity index (χ0) is 17.9. The van der Waals surface area contributed by atoms with E-state index in [1.807, 2.05) is 0 Å². The molecule has 0 saturated heterocycles. The standard InChI is InChI=1S/C18H28N6O/c1-18(2,3)14-10-20-16(25-14)11-22-17(19-4)21-9-13-12-24-8-6-5-7-15(24)23-13/h10,12H,5-9,11H2,1-4H3,(H2,19,21,22). The van der Waals surface area contributed by atoms with Crippen LogP contribution in [0.5, 0.6) is 0 Å². The summed E-state index contributed by atoms with van der Waals surface area (Å²) < 4.78 is 8.05. The van der Waals surface area contributed by atoms with Crippen LogP contribution >= 0.6 is 0 Å². The van der Waals surface area contributed by atoms with Gasteiger partial charge in [0.25, 0.3) is 0 Å². The molecule has 0 aromatic carbocycles. The fraction of sp³-hybridized carbons (Fsp3) is 0.611. The van der Waals surface area contributed by atoms with Crippen molar-refractivity contribution in [1.29, 1.82) is 0 Å². The van der Waals surface area contributed by atoms with Crippen LogP contribution in [-0.2, 0) is 31.5 Å². The van der Waals surface area contributed by atoms with E-state index in [1.54, 1.807) is 13.2 Å². The average molecular weight is 344 g/mol. The molecule has 25 heavy (non-hydrogen) atoms. The third kappa shape index (κ3) is 4.41. The third-order valence-electron chi connectivity index (χ3n) is 4.32. The largest absolute Gasteiger partial charge is 0.443 e. The summed E-state index contributed by atoms with van der Waals surface area (Å²) in [5.41, 5.74) is 1.01. The van der Waals surface area contributed by atoms with Gasteiger partial charge in [-0.05, 0) is 12.8 Å². The van der Waals surface area contributed by atoms with Gasteiger partial charge in [0.2, 0.25) is 5.89 Å². The summed E-state index contributed by atoms with van der Waals surface area (Å²) >= 11 is 0. The van der Waals surface area contributed by atoms with Crippen molar-refractivity contribution in [3.05, 3.63) is 35.6 Å². The Balaban J connectivity index is 1.51. The van der Waals surface area contributed by atoms with E-state index < -0.39 is 0 Å². The Morgan fingerprint density at radius 1 is 1.28 bits per heavy atom. The first-order valence-corrected chi connectivity index (χ1v) is 8.90. The summed E-state index contributed by atoms with van der Waals surface area (Å²) in [6.07, 6.45) is 7.49. The van der Waals surface area contributed by atoms with Crippen LogP contribution < -0.4 is 10.6 Å². The van der Waals surface area contributed by atoms with Crippen molar-refractivity contribution in [2.75, 3.05) is 7.05 Å². The van der Waals surface area contributed by atoms with E-state index in [-0.39, 0.29) is 5.41 Å². The van der Waals surface area contributed by atoms with Gasteiger partial charge in [0.05, 0.1) is 25.0 Å². The number of oxazole rings is 1. The van der Waals surface area contributed by atoms with Crippen LogP contribution in [0, 0.1) is 0 Å². The van der Waals surface area contributed by atoms with Gasteiger partial charge in [-0.2, -0.15) is 0 Å². The van der Waals surface area contributed by atoms with Gasteiger partial charge in [-0.3, -0.25) is 4.99 Å². The van der Waals surface area contributed by atoms with Gasteiger partial charge >= 0.3 is 0 Å². The van der Waals surface area contributed by atoms with Gasteiger partial charge in [0.15, 0.2) is 5.96 Å². The highest BCUT2D eigenvalue weighted by Gasteiger charge is 2.19. The number of imidazole rings is 1. The van der Waals surface area contributed by atoms with E-state index >= 15 is 0 Å². The Morgan fingerprint density at radius 2 is 2.08 bits per heavy atom. The van der Waals surface area contributed by atoms with Crippen LogP contribution in [0.15, 0.2) is 21.8 Å². The Hall–Kier alpha value is -2.31. The predicted octanol–water partition coefficient (Wildman–Crippen LogP) is 2.37. The number of fused-ring (bicyclic) bond motifs is 1. The highest BCUT2D eigenvalue weighted by Crippen LogP contribution is 2.22. The van der Waals surface area contributed by atoms with Gasteiger partial charge in [-0.1, -0.05) is 20.8 Å². The molecule has 0 aliphatic carbocycles. The van der Waals surface area contributed by atoms with Gasteiger partial charge < -0.3 is 19.6 Å². The lowest BCUT2D eigenvalue weighted by Gasteiger charge is -2.13. The van der Waals surface area contributed by atoms with Crippen molar-refractivity contribution in [2.45, 2.75) is 65.1 Å². The second-order valence-electron chi connectivity index (χ2n) is 7.45. The first kappa shape index (κ1) is 17.5. The van der Waals surface area contributed by atoms with E-state index in [9.17, 15) is 0 Å². The quantitative estimate of drug-likeness (QED) is 0.657. The summed E-state index contributed by atoms with van der Waals surface area (Å²) in [5.74, 6) is 3.45. The number of nitrogens with one attached hydrogen (secondary N) is 2. The van der Waals surface area contributed by atoms with Gasteiger partial charge in [0.1, 0.15) is 11.6 Å². The summed E-state index contributed by atoms with van der Waals surface area (Å²) in [6.45, 7) is 8.55. The SMILES string of the molecule is CN=C(NCc1cn2c(n1)CCCC2)NCc1ncc(C(C)(C)C)o1. The van der Waals surface area contributed by atoms with Crippen LogP contribution in [0.2, 0.25) is 0 Å². The molecule has 3 heterocycles. The fourth-order valence-corrected chi connectivity index (χ4v) is 2.85. The lowest BCUT2D eigenvalue weighted by molar-refractivity contribution is 0.379. The number of hydrogen-bond acceptors (Lipinski definition) is 4. The van der Waals surface area contributed by atoms with Crippen LogP contribution in [0.3, 0.4) is 0 Å². The molecule has 136 valence electrons. The number of hydrogen-bond donors (Lipinski definition) is 2. The van der Waals surface area contributed by atoms with Gasteiger partial charge in [0, 0.05) is 31.6 Å². The number of nitrogens with zero attached hydrogens (tertiary/aromatic N) is 4. The van der Waals surface area contributed by atoms with Crippen molar-refractivity contribution >= 4 is 5.96 Å². The minimum Gasteiger partial charge on any atom is -0.443 e. The van der Waals surface area contributed by atoms with Crippen LogP contribution in [-0.4, -0.2) is 27.5 Å². The molecule has 7 heteroatoms. The molecule has 0 amide bonds. The number of guanidine groups is 1. The molecule has 1 aliphatic rings. The Labute approximate surface area is 149 Å². The maximum Gasteiger partial charge on any atom is 0.213 e. The highest BCUT2D eigenvalue weighted by molar-refractivity contribution is 5.79. The minimum absolute atomic E-state index is 0.0363. The Bertz CT molecular complexity index is 714. The zero-order valence-corrected chi connectivity index (χ0v) is 15.6. The maximum atomic E-state index is 5.79. The molecule has 0 fully saturated rings. The van der Waals surface area contributed by atoms with E-state index in [4.69, 9.17) is 9.40 Å². The minimum atomic E-state index is -0.0363. The predicted molar refractivity (Wildman–Crippen MR) is 97.4 cm³/mol. The second-order valence-corrected chi connectivity index (χ2v) is 7.45. The van der Waals surface area contributed by atoms with Crippen molar-refractivity contribution < 1.29 is 4.42 Å². The molecule has 1 aliphatic heterocycles. The molecule has 0 saturated carbocycles. The molecule has 2 aromatic heterocycles. The van der Waals surface area contributed by atoms with Gasteiger partial charge in [-0.15, -0.1) is 0 Å². The molecule has 0 bridgehead atoms. The molecule has 0 atom stereocenters. The monoisotopic (exact) mass is 344 g/mol. The lowest BCUT2D eigenvalue weighted by Crippen LogP contribution is -2.36. The summed E-state index contributed by atoms with van der Waals surface area (Å²) in [4.78, 5) is 13.3. The summed E-state index contributed by atoms with van der Waals surface area (Å²) in [6, 6.07) is 0. The number of aromatic nitrogens is 3. The molecule has 0 unspecified atom stereocenters. The summed E-state index contributed by atoms with van der Waals surface area (Å²) in [5, 5.41) is 6.53. The Morgan fingerprint density at radius 3 is 2.76 bits per heavy atom. The van der Waals surface area contributed by atoms with Crippen molar-refractivity contribution in [3.8, 4) is 0 Å². The van der Waals surface area contributed by atoms with Gasteiger partial charge in [-0.25, -0.2) is 9.97 Å². The van der Waals surface area contributed by atoms with Crippen LogP contribution in [0.4, 0.5) is 0 Å². The molecule has 0 spiro atoms. The first-order valence-electron chi connectivity index (χ1n) is 8.90. The fourth-order valence-electron chi connectivity index (χ4n) is 2.85. The normalized spacial score (nSPS) is 15.1. The molecule has 7 nitrogen and oxygen atoms in total. The smallest absolute Gasteiger partial charge is 0.213 e. The first-order chi connectivity index (χ1) is 12.0. The molecule has 3 rings (SSSR count). The zero-order valence-electron chi connectivity index (χ0n) is 15.6. The maximum absolute atomic E-state index is 5.79. The molecular formula is C18H28N6O. The number of rotatable bonds is 4. The van der Waals surface area contributed by atoms with Crippen LogP contribution in [0.25, 0.3) is 0 Å². The van der Waals surface area contributed by atoms with Crippen molar-refractivity contribution in [2.24, 2.45) is 4.99 Å². The van der Waals surface area contributed by atoms with E-state index in [0.29, 0.717) is 24.9 Å². The number of aryl methyl sites for hydroxylation is 2. The molecule has 2 N–H and O–H groups in total.